The van der Waals surface area contributed by atoms with Crippen molar-refractivity contribution in [3.63, 3.8) is 0 Å². The molecule has 3 rings (SSSR count). The third-order valence-corrected chi connectivity index (χ3v) is 4.57. The highest BCUT2D eigenvalue weighted by atomic mass is 16.5. The molecule has 0 aliphatic carbocycles. The highest BCUT2D eigenvalue weighted by Gasteiger charge is 2.20. The number of ether oxygens (including phenoxy) is 1. The maximum atomic E-state index is 6.10. The molecule has 6 heteroatoms. The van der Waals surface area contributed by atoms with E-state index in [9.17, 15) is 0 Å². The molecule has 0 saturated carbocycles. The topological polar surface area (TPSA) is 57.5 Å². The van der Waals surface area contributed by atoms with Crippen LogP contribution in [0, 0.1) is 6.92 Å². The minimum atomic E-state index is 0.132. The predicted octanol–water partition coefficient (Wildman–Crippen LogP) is 3.12. The second-order valence-corrected chi connectivity index (χ2v) is 7.17. The summed E-state index contributed by atoms with van der Waals surface area (Å²) in [5.41, 5.74) is 1.14. The van der Waals surface area contributed by atoms with E-state index in [-0.39, 0.29) is 6.10 Å². The number of furan rings is 1. The normalized spacial score (nSPS) is 18.4. The van der Waals surface area contributed by atoms with E-state index in [1.807, 2.05) is 13.1 Å². The van der Waals surface area contributed by atoms with Crippen LogP contribution in [0.2, 0.25) is 0 Å². The van der Waals surface area contributed by atoms with E-state index in [1.165, 1.54) is 6.42 Å². The van der Waals surface area contributed by atoms with Crippen molar-refractivity contribution in [2.45, 2.75) is 45.4 Å². The first-order valence-electron chi connectivity index (χ1n) is 9.18. The van der Waals surface area contributed by atoms with Crippen molar-refractivity contribution in [2.24, 2.45) is 0 Å². The first-order valence-corrected chi connectivity index (χ1v) is 9.18. The van der Waals surface area contributed by atoms with Crippen molar-refractivity contribution in [3.8, 4) is 0 Å². The number of aromatic amines is 1. The summed E-state index contributed by atoms with van der Waals surface area (Å²) >= 11 is 0. The van der Waals surface area contributed by atoms with Crippen molar-refractivity contribution < 1.29 is 9.15 Å². The summed E-state index contributed by atoms with van der Waals surface area (Å²) in [6.07, 6.45) is 5.49. The van der Waals surface area contributed by atoms with Gasteiger partial charge in [0.15, 0.2) is 0 Å². The van der Waals surface area contributed by atoms with Gasteiger partial charge in [-0.1, -0.05) is 0 Å². The monoisotopic (exact) mass is 346 g/mol. The average molecular weight is 346 g/mol. The quantitative estimate of drug-likeness (QED) is 0.796. The van der Waals surface area contributed by atoms with Gasteiger partial charge < -0.3 is 19.0 Å². The molecule has 1 fully saturated rings. The van der Waals surface area contributed by atoms with Gasteiger partial charge >= 0.3 is 0 Å². The smallest absolute Gasteiger partial charge is 0.133 e. The minimum Gasteiger partial charge on any atom is -0.462 e. The van der Waals surface area contributed by atoms with E-state index in [1.54, 1.807) is 0 Å². The van der Waals surface area contributed by atoms with Crippen molar-refractivity contribution in [1.82, 2.24) is 19.8 Å². The van der Waals surface area contributed by atoms with Crippen molar-refractivity contribution in [2.75, 3.05) is 33.8 Å². The van der Waals surface area contributed by atoms with E-state index in [0.717, 1.165) is 68.7 Å². The molecule has 2 aromatic rings. The third-order valence-electron chi connectivity index (χ3n) is 4.57. The molecule has 2 aromatic heterocycles. The van der Waals surface area contributed by atoms with Gasteiger partial charge in [-0.2, -0.15) is 0 Å². The largest absolute Gasteiger partial charge is 0.462 e. The van der Waals surface area contributed by atoms with Crippen LogP contribution in [-0.4, -0.2) is 53.6 Å². The second kappa shape index (κ2) is 8.65. The Hall–Kier alpha value is -1.63. The Morgan fingerprint density at radius 1 is 1.20 bits per heavy atom. The van der Waals surface area contributed by atoms with Gasteiger partial charge in [0.2, 0.25) is 0 Å². The van der Waals surface area contributed by atoms with Gasteiger partial charge in [-0.05, 0) is 52.4 Å². The number of nitrogens with zero attached hydrogens (tertiary/aromatic N) is 3. The molecule has 0 aromatic carbocycles. The van der Waals surface area contributed by atoms with Crippen molar-refractivity contribution >= 4 is 0 Å². The van der Waals surface area contributed by atoms with Gasteiger partial charge in [-0.3, -0.25) is 4.90 Å². The summed E-state index contributed by atoms with van der Waals surface area (Å²) in [5, 5.41) is 0. The number of nitrogens with one attached hydrogen (secondary N) is 1. The Labute approximate surface area is 150 Å². The zero-order valence-corrected chi connectivity index (χ0v) is 15.6. The Kier molecular flexibility index (Phi) is 6.29. The average Bonchev–Trinajstić information content (AvgIpc) is 3.22. The first kappa shape index (κ1) is 18.2. The maximum absolute atomic E-state index is 6.10. The summed E-state index contributed by atoms with van der Waals surface area (Å²) in [7, 11) is 4.20. The van der Waals surface area contributed by atoms with Crippen LogP contribution in [-0.2, 0) is 17.8 Å². The van der Waals surface area contributed by atoms with Crippen LogP contribution in [0.3, 0.4) is 0 Å². The number of H-pyrrole nitrogens is 1. The number of rotatable bonds is 8. The molecular weight excluding hydrogens is 316 g/mol. The lowest BCUT2D eigenvalue weighted by atomic mass is 10.1. The molecule has 1 saturated heterocycles. The molecule has 1 unspecified atom stereocenters. The third kappa shape index (κ3) is 5.42. The molecule has 0 amide bonds. The van der Waals surface area contributed by atoms with Gasteiger partial charge in [0.25, 0.3) is 0 Å². The number of likely N-dealkylation sites (N-methyl/N-ethyl adjacent to an activating group) is 1. The van der Waals surface area contributed by atoms with Gasteiger partial charge in [0, 0.05) is 38.1 Å². The van der Waals surface area contributed by atoms with E-state index in [4.69, 9.17) is 9.15 Å². The summed E-state index contributed by atoms with van der Waals surface area (Å²) < 4.78 is 11.9. The van der Waals surface area contributed by atoms with Crippen LogP contribution < -0.4 is 0 Å². The van der Waals surface area contributed by atoms with E-state index in [2.05, 4.69) is 46.0 Å². The molecule has 1 atom stereocenters. The van der Waals surface area contributed by atoms with Crippen LogP contribution in [0.15, 0.2) is 22.7 Å². The Bertz CT molecular complexity index is 643. The van der Waals surface area contributed by atoms with Crippen molar-refractivity contribution in [3.05, 3.63) is 41.4 Å². The molecular formula is C19H30N4O2. The fourth-order valence-electron chi connectivity index (χ4n) is 3.19. The molecule has 0 bridgehead atoms. The van der Waals surface area contributed by atoms with Crippen LogP contribution in [0.4, 0.5) is 0 Å². The molecule has 6 nitrogen and oxygen atoms in total. The SMILES string of the molecule is Cc1ncc(CN(CCN(C)C)Cc2ccc(C3CCCCO3)o2)[nH]1. The summed E-state index contributed by atoms with van der Waals surface area (Å²) in [6.45, 7) is 6.43. The predicted molar refractivity (Wildman–Crippen MR) is 97.2 cm³/mol. The standard InChI is InChI=1S/C19H30N4O2/c1-15-20-12-16(21-15)13-23(10-9-22(2)3)14-17-7-8-19(25-17)18-6-4-5-11-24-18/h7-8,12,18H,4-6,9-11,13-14H2,1-3H3,(H,20,21). The highest BCUT2D eigenvalue weighted by molar-refractivity contribution is 5.10. The number of hydrogen-bond acceptors (Lipinski definition) is 5. The van der Waals surface area contributed by atoms with Crippen LogP contribution >= 0.6 is 0 Å². The molecule has 25 heavy (non-hydrogen) atoms. The van der Waals surface area contributed by atoms with Crippen LogP contribution in [0.5, 0.6) is 0 Å². The summed E-state index contributed by atoms with van der Waals surface area (Å²) in [5.74, 6) is 2.93. The molecule has 0 spiro atoms. The zero-order valence-electron chi connectivity index (χ0n) is 15.6. The lowest BCUT2D eigenvalue weighted by Gasteiger charge is -2.23. The van der Waals surface area contributed by atoms with Crippen LogP contribution in [0.1, 0.15) is 48.4 Å². The molecule has 0 radical (unpaired) electrons. The van der Waals surface area contributed by atoms with E-state index >= 15 is 0 Å². The van der Waals surface area contributed by atoms with Crippen molar-refractivity contribution in [1.29, 1.82) is 0 Å². The molecule has 3 heterocycles. The molecule has 1 aliphatic rings. The molecule has 138 valence electrons. The van der Waals surface area contributed by atoms with Gasteiger partial charge in [0.05, 0.1) is 6.54 Å². The Morgan fingerprint density at radius 3 is 2.76 bits per heavy atom. The number of aryl methyl sites for hydroxylation is 1. The lowest BCUT2D eigenvalue weighted by Crippen LogP contribution is -2.31. The second-order valence-electron chi connectivity index (χ2n) is 7.17. The Morgan fingerprint density at radius 2 is 2.08 bits per heavy atom. The van der Waals surface area contributed by atoms with Gasteiger partial charge in [-0.15, -0.1) is 0 Å². The molecule has 1 N–H and O–H groups in total. The Balaban J connectivity index is 1.63. The summed E-state index contributed by atoms with van der Waals surface area (Å²) in [6, 6.07) is 4.17. The van der Waals surface area contributed by atoms with E-state index < -0.39 is 0 Å². The number of hydrogen-bond donors (Lipinski definition) is 1. The highest BCUT2D eigenvalue weighted by Crippen LogP contribution is 2.29. The first-order chi connectivity index (χ1) is 12.1. The lowest BCUT2D eigenvalue weighted by molar-refractivity contribution is 0.000796. The van der Waals surface area contributed by atoms with Gasteiger partial charge in [0.1, 0.15) is 23.4 Å². The molecule has 1 aliphatic heterocycles. The minimum absolute atomic E-state index is 0.132. The number of aromatic nitrogens is 2. The fourth-order valence-corrected chi connectivity index (χ4v) is 3.19. The van der Waals surface area contributed by atoms with E-state index in [0.29, 0.717) is 0 Å². The maximum Gasteiger partial charge on any atom is 0.133 e. The fraction of sp³-hybridized carbons (Fsp3) is 0.632. The zero-order chi connectivity index (χ0) is 17.6. The number of imidazole rings is 1. The van der Waals surface area contributed by atoms with Crippen LogP contribution in [0.25, 0.3) is 0 Å². The van der Waals surface area contributed by atoms with Gasteiger partial charge in [-0.25, -0.2) is 4.98 Å². The summed E-state index contributed by atoms with van der Waals surface area (Å²) in [4.78, 5) is 12.2.